The van der Waals surface area contributed by atoms with Crippen molar-refractivity contribution in [3.05, 3.63) is 53.3 Å². The first-order valence-electron chi connectivity index (χ1n) is 4.33. The molecular weight excluding hydrogens is 214 g/mol. The average Bonchev–Trinajstić information content (AvgIpc) is 2.71. The lowest BCUT2D eigenvalue weighted by Crippen LogP contribution is -2.22. The van der Waals surface area contributed by atoms with Gasteiger partial charge in [-0.1, -0.05) is 11.6 Å². The van der Waals surface area contributed by atoms with Crippen LogP contribution in [0.15, 0.2) is 42.7 Å². The second-order valence-electron chi connectivity index (χ2n) is 3.04. The second kappa shape index (κ2) is 3.79. The molecule has 0 N–H and O–H groups in total. The molecule has 15 heavy (non-hydrogen) atoms. The molecule has 2 rings (SSSR count). The van der Waals surface area contributed by atoms with Crippen molar-refractivity contribution in [1.82, 2.24) is 4.57 Å². The topological polar surface area (TPSA) is 45.1 Å². The smallest absolute Gasteiger partial charge is 0.0731 e. The number of hydrogen-bond acceptors (Lipinski definition) is 2. The number of nitrogens with zero attached hydrogens (tertiary/aromatic N) is 1. The molecule has 0 saturated heterocycles. The molecule has 0 aliphatic heterocycles. The third-order valence-electron chi connectivity index (χ3n) is 2.07. The van der Waals surface area contributed by atoms with Gasteiger partial charge in [0.25, 0.3) is 0 Å². The van der Waals surface area contributed by atoms with E-state index in [9.17, 15) is 9.90 Å². The number of rotatable bonds is 2. The lowest BCUT2D eigenvalue weighted by Gasteiger charge is -2.08. The number of aromatic nitrogens is 1. The van der Waals surface area contributed by atoms with Crippen LogP contribution in [0.4, 0.5) is 0 Å². The quantitative estimate of drug-likeness (QED) is 0.770. The summed E-state index contributed by atoms with van der Waals surface area (Å²) in [6, 6.07) is 8.48. The Morgan fingerprint density at radius 3 is 2.53 bits per heavy atom. The molecule has 0 unspecified atom stereocenters. The number of carbonyl (C=O) groups excluding carboxylic acids is 1. The highest BCUT2D eigenvalue weighted by molar-refractivity contribution is 6.33. The zero-order valence-corrected chi connectivity index (χ0v) is 8.44. The lowest BCUT2D eigenvalue weighted by molar-refractivity contribution is -0.255. The van der Waals surface area contributed by atoms with Crippen molar-refractivity contribution in [2.45, 2.75) is 0 Å². The van der Waals surface area contributed by atoms with Gasteiger partial charge in [0.05, 0.1) is 5.97 Å². The molecule has 0 aliphatic carbocycles. The lowest BCUT2D eigenvalue weighted by atomic mass is 10.2. The van der Waals surface area contributed by atoms with Gasteiger partial charge in [-0.05, 0) is 30.3 Å². The van der Waals surface area contributed by atoms with E-state index < -0.39 is 5.97 Å². The van der Waals surface area contributed by atoms with Crippen molar-refractivity contribution in [3.63, 3.8) is 0 Å². The summed E-state index contributed by atoms with van der Waals surface area (Å²) in [7, 11) is 0. The van der Waals surface area contributed by atoms with Gasteiger partial charge in [-0.2, -0.15) is 0 Å². The van der Waals surface area contributed by atoms with Crippen molar-refractivity contribution in [2.24, 2.45) is 0 Å². The summed E-state index contributed by atoms with van der Waals surface area (Å²) >= 11 is 5.72. The molecule has 1 heterocycles. The Labute approximate surface area is 91.5 Å². The van der Waals surface area contributed by atoms with E-state index in [1.807, 2.05) is 24.5 Å². The van der Waals surface area contributed by atoms with Gasteiger partial charge < -0.3 is 14.5 Å². The number of carboxylic acid groups (broad SMARTS) is 1. The fourth-order valence-electron chi connectivity index (χ4n) is 1.34. The maximum atomic E-state index is 10.7. The van der Waals surface area contributed by atoms with E-state index in [1.54, 1.807) is 16.7 Å². The van der Waals surface area contributed by atoms with Crippen molar-refractivity contribution in [1.29, 1.82) is 0 Å². The van der Waals surface area contributed by atoms with E-state index in [4.69, 9.17) is 11.6 Å². The van der Waals surface area contributed by atoms with E-state index >= 15 is 0 Å². The van der Waals surface area contributed by atoms with E-state index in [1.165, 1.54) is 6.07 Å². The maximum Gasteiger partial charge on any atom is 0.0731 e. The van der Waals surface area contributed by atoms with E-state index in [0.29, 0.717) is 0 Å². The highest BCUT2D eigenvalue weighted by atomic mass is 35.5. The fourth-order valence-corrected chi connectivity index (χ4v) is 1.53. The van der Waals surface area contributed by atoms with Crippen LogP contribution in [0.5, 0.6) is 0 Å². The molecule has 0 fully saturated rings. The highest BCUT2D eigenvalue weighted by Gasteiger charge is 2.03. The number of carboxylic acids is 1. The summed E-state index contributed by atoms with van der Waals surface area (Å²) in [5, 5.41) is 10.9. The number of hydrogen-bond donors (Lipinski definition) is 0. The normalized spacial score (nSPS) is 10.2. The average molecular weight is 221 g/mol. The van der Waals surface area contributed by atoms with Crippen molar-refractivity contribution < 1.29 is 9.90 Å². The highest BCUT2D eigenvalue weighted by Crippen LogP contribution is 2.19. The second-order valence-corrected chi connectivity index (χ2v) is 3.45. The van der Waals surface area contributed by atoms with Crippen LogP contribution in [0.2, 0.25) is 5.02 Å². The minimum Gasteiger partial charge on any atom is -0.545 e. The Morgan fingerprint density at radius 1 is 1.27 bits per heavy atom. The zero-order chi connectivity index (χ0) is 10.8. The molecule has 0 amide bonds. The molecule has 76 valence electrons. The van der Waals surface area contributed by atoms with E-state index in [-0.39, 0.29) is 10.6 Å². The first-order chi connectivity index (χ1) is 7.18. The predicted octanol–water partition coefficient (Wildman–Crippen LogP) is 1.49. The van der Waals surface area contributed by atoms with Crippen molar-refractivity contribution in [3.8, 4) is 5.69 Å². The summed E-state index contributed by atoms with van der Waals surface area (Å²) in [6.07, 6.45) is 3.64. The Balaban J connectivity index is 2.52. The van der Waals surface area contributed by atoms with Gasteiger partial charge in [-0.3, -0.25) is 0 Å². The maximum absolute atomic E-state index is 10.7. The van der Waals surface area contributed by atoms with Crippen LogP contribution in [-0.4, -0.2) is 10.5 Å². The Hall–Kier alpha value is -1.74. The minimum absolute atomic E-state index is 0.00265. The first-order valence-corrected chi connectivity index (χ1v) is 4.70. The van der Waals surface area contributed by atoms with E-state index in [2.05, 4.69) is 0 Å². The van der Waals surface area contributed by atoms with Gasteiger partial charge in [0.15, 0.2) is 0 Å². The molecule has 0 spiro atoms. The van der Waals surface area contributed by atoms with Gasteiger partial charge in [-0.25, -0.2) is 0 Å². The molecule has 0 saturated carbocycles. The zero-order valence-electron chi connectivity index (χ0n) is 7.68. The number of carbonyl (C=O) groups is 1. The molecule has 1 aromatic heterocycles. The van der Waals surface area contributed by atoms with Crippen molar-refractivity contribution in [2.75, 3.05) is 0 Å². The third kappa shape index (κ3) is 1.87. The monoisotopic (exact) mass is 220 g/mol. The van der Waals surface area contributed by atoms with Crippen LogP contribution in [0.1, 0.15) is 10.4 Å². The molecule has 3 nitrogen and oxygen atoms in total. The summed E-state index contributed by atoms with van der Waals surface area (Å²) in [6.45, 7) is 0. The van der Waals surface area contributed by atoms with Gasteiger partial charge in [-0.15, -0.1) is 0 Å². The number of benzene rings is 1. The van der Waals surface area contributed by atoms with Crippen LogP contribution in [0.25, 0.3) is 5.69 Å². The summed E-state index contributed by atoms with van der Waals surface area (Å²) in [5.41, 5.74) is 0.742. The fraction of sp³-hybridized carbons (Fsp3) is 0. The predicted molar refractivity (Wildman–Crippen MR) is 55.1 cm³/mol. The van der Waals surface area contributed by atoms with Gasteiger partial charge in [0.1, 0.15) is 0 Å². The van der Waals surface area contributed by atoms with Crippen LogP contribution in [0, 0.1) is 0 Å². The molecule has 2 aromatic rings. The number of aromatic carboxylic acids is 1. The van der Waals surface area contributed by atoms with Crippen LogP contribution in [0.3, 0.4) is 0 Å². The summed E-state index contributed by atoms with van der Waals surface area (Å²) in [4.78, 5) is 10.7. The Bertz CT molecular complexity index is 491. The molecule has 0 aliphatic rings. The van der Waals surface area contributed by atoms with Gasteiger partial charge in [0, 0.05) is 28.7 Å². The molecule has 0 radical (unpaired) electrons. The molecule has 1 aromatic carbocycles. The number of halogens is 1. The van der Waals surface area contributed by atoms with Gasteiger partial charge in [0.2, 0.25) is 0 Å². The summed E-state index contributed by atoms with van der Waals surface area (Å²) in [5.74, 6) is -1.27. The Kier molecular flexibility index (Phi) is 2.47. The van der Waals surface area contributed by atoms with Crippen molar-refractivity contribution >= 4 is 17.6 Å². The van der Waals surface area contributed by atoms with Crippen LogP contribution in [-0.2, 0) is 0 Å². The minimum atomic E-state index is -1.27. The van der Waals surface area contributed by atoms with E-state index in [0.717, 1.165) is 5.69 Å². The summed E-state index contributed by atoms with van der Waals surface area (Å²) < 4.78 is 1.79. The molecule has 4 heteroatoms. The first kappa shape index (κ1) is 9.80. The van der Waals surface area contributed by atoms with Gasteiger partial charge >= 0.3 is 0 Å². The largest absolute Gasteiger partial charge is 0.545 e. The van der Waals surface area contributed by atoms with Crippen LogP contribution >= 0.6 is 11.6 Å². The standard InChI is InChI=1S/C11H8ClNO2/c12-10-4-3-8(7-9(10)11(14)15)13-5-1-2-6-13/h1-7H,(H,14,15)/p-1. The SMILES string of the molecule is O=C([O-])c1cc(-n2cccc2)ccc1Cl. The molecular formula is C11H7ClNO2-. The molecule has 0 bridgehead atoms. The molecule has 0 atom stereocenters. The third-order valence-corrected chi connectivity index (χ3v) is 2.40. The Morgan fingerprint density at radius 2 is 1.93 bits per heavy atom. The van der Waals surface area contributed by atoms with Crippen LogP contribution < -0.4 is 5.11 Å².